The van der Waals surface area contributed by atoms with Gasteiger partial charge in [-0.15, -0.1) is 0 Å². The number of rotatable bonds is 4. The van der Waals surface area contributed by atoms with E-state index in [2.05, 4.69) is 30.4 Å². The standard InChI is InChI=1S/C18H21NO/c1-2-17(16-8-3-4-9-18(16)20)19-15-11-10-13-6-5-7-14(13)12-15/h3-4,8-12,17,19-20H,2,5-7H2,1H3. The molecule has 2 aromatic carbocycles. The number of anilines is 1. The summed E-state index contributed by atoms with van der Waals surface area (Å²) in [5, 5.41) is 13.6. The lowest BCUT2D eigenvalue weighted by atomic mass is 10.0. The summed E-state index contributed by atoms with van der Waals surface area (Å²) in [4.78, 5) is 0. The van der Waals surface area contributed by atoms with Crippen molar-refractivity contribution in [3.63, 3.8) is 0 Å². The average molecular weight is 267 g/mol. The number of aromatic hydroxyl groups is 1. The van der Waals surface area contributed by atoms with Crippen LogP contribution in [0.3, 0.4) is 0 Å². The molecule has 1 aliphatic rings. The molecular weight excluding hydrogens is 246 g/mol. The van der Waals surface area contributed by atoms with E-state index in [1.807, 2.05) is 18.2 Å². The molecule has 1 unspecified atom stereocenters. The van der Waals surface area contributed by atoms with Crippen LogP contribution >= 0.6 is 0 Å². The molecule has 20 heavy (non-hydrogen) atoms. The van der Waals surface area contributed by atoms with Crippen molar-refractivity contribution in [2.75, 3.05) is 5.32 Å². The second-order valence-corrected chi connectivity index (χ2v) is 5.50. The van der Waals surface area contributed by atoms with Gasteiger partial charge in [0.05, 0.1) is 6.04 Å². The predicted octanol–water partition coefficient (Wildman–Crippen LogP) is 4.44. The number of phenols is 1. The quantitative estimate of drug-likeness (QED) is 0.858. The van der Waals surface area contributed by atoms with Crippen LogP contribution < -0.4 is 5.32 Å². The van der Waals surface area contributed by atoms with E-state index in [0.717, 1.165) is 17.7 Å². The van der Waals surface area contributed by atoms with Gasteiger partial charge in [-0.05, 0) is 55.0 Å². The smallest absolute Gasteiger partial charge is 0.120 e. The van der Waals surface area contributed by atoms with Crippen molar-refractivity contribution in [3.05, 3.63) is 59.2 Å². The van der Waals surface area contributed by atoms with Gasteiger partial charge < -0.3 is 10.4 Å². The van der Waals surface area contributed by atoms with Crippen molar-refractivity contribution in [2.24, 2.45) is 0 Å². The summed E-state index contributed by atoms with van der Waals surface area (Å²) in [7, 11) is 0. The monoisotopic (exact) mass is 267 g/mol. The molecule has 2 nitrogen and oxygen atoms in total. The minimum absolute atomic E-state index is 0.149. The topological polar surface area (TPSA) is 32.3 Å². The van der Waals surface area contributed by atoms with Crippen LogP contribution in [0.5, 0.6) is 5.75 Å². The lowest BCUT2D eigenvalue weighted by molar-refractivity contribution is 0.463. The van der Waals surface area contributed by atoms with Crippen molar-refractivity contribution in [2.45, 2.75) is 38.6 Å². The highest BCUT2D eigenvalue weighted by molar-refractivity contribution is 5.52. The second kappa shape index (κ2) is 5.58. The Labute approximate surface area is 120 Å². The van der Waals surface area contributed by atoms with Gasteiger partial charge in [-0.1, -0.05) is 31.2 Å². The van der Waals surface area contributed by atoms with Crippen LogP contribution in [-0.4, -0.2) is 5.11 Å². The largest absolute Gasteiger partial charge is 0.508 e. The van der Waals surface area contributed by atoms with Crippen LogP contribution in [0, 0.1) is 0 Å². The molecule has 0 fully saturated rings. The van der Waals surface area contributed by atoms with Crippen molar-refractivity contribution in [3.8, 4) is 5.75 Å². The van der Waals surface area contributed by atoms with Gasteiger partial charge in [0.1, 0.15) is 5.75 Å². The van der Waals surface area contributed by atoms with Gasteiger partial charge >= 0.3 is 0 Å². The Hall–Kier alpha value is -1.96. The van der Waals surface area contributed by atoms with E-state index >= 15 is 0 Å². The molecule has 104 valence electrons. The van der Waals surface area contributed by atoms with E-state index in [9.17, 15) is 5.11 Å². The molecule has 0 saturated heterocycles. The lowest BCUT2D eigenvalue weighted by Gasteiger charge is -2.20. The molecule has 0 saturated carbocycles. The molecule has 1 aliphatic carbocycles. The number of nitrogens with one attached hydrogen (secondary N) is 1. The van der Waals surface area contributed by atoms with Crippen LogP contribution in [0.1, 0.15) is 42.5 Å². The van der Waals surface area contributed by atoms with Crippen LogP contribution in [-0.2, 0) is 12.8 Å². The van der Waals surface area contributed by atoms with E-state index < -0.39 is 0 Å². The number of hydrogen-bond acceptors (Lipinski definition) is 2. The normalized spacial score (nSPS) is 14.8. The number of phenolic OH excluding ortho intramolecular Hbond substituents is 1. The summed E-state index contributed by atoms with van der Waals surface area (Å²) in [5.74, 6) is 0.369. The third kappa shape index (κ3) is 2.51. The van der Waals surface area contributed by atoms with Gasteiger partial charge in [-0.2, -0.15) is 0 Å². The number of para-hydroxylation sites is 1. The van der Waals surface area contributed by atoms with Crippen molar-refractivity contribution < 1.29 is 5.11 Å². The molecule has 1 atom stereocenters. The van der Waals surface area contributed by atoms with E-state index in [1.54, 1.807) is 6.07 Å². The maximum absolute atomic E-state index is 10.0. The third-order valence-corrected chi connectivity index (χ3v) is 4.16. The molecule has 3 rings (SSSR count). The molecular formula is C18H21NO. The van der Waals surface area contributed by atoms with E-state index in [-0.39, 0.29) is 6.04 Å². The van der Waals surface area contributed by atoms with Gasteiger partial charge in [0.25, 0.3) is 0 Å². The molecule has 2 aromatic rings. The number of fused-ring (bicyclic) bond motifs is 1. The van der Waals surface area contributed by atoms with Gasteiger partial charge in [-0.25, -0.2) is 0 Å². The Kier molecular flexibility index (Phi) is 3.64. The highest BCUT2D eigenvalue weighted by atomic mass is 16.3. The highest BCUT2D eigenvalue weighted by Gasteiger charge is 2.15. The maximum atomic E-state index is 10.0. The molecule has 0 spiro atoms. The Bertz CT molecular complexity index is 606. The molecule has 0 aromatic heterocycles. The maximum Gasteiger partial charge on any atom is 0.120 e. The number of benzene rings is 2. The Balaban J connectivity index is 1.83. The Morgan fingerprint density at radius 1 is 1.10 bits per heavy atom. The first-order valence-corrected chi connectivity index (χ1v) is 7.44. The summed E-state index contributed by atoms with van der Waals surface area (Å²) in [6, 6.07) is 14.4. The fourth-order valence-corrected chi connectivity index (χ4v) is 3.04. The van der Waals surface area contributed by atoms with Crippen molar-refractivity contribution >= 4 is 5.69 Å². The van der Waals surface area contributed by atoms with Crippen LogP contribution in [0.2, 0.25) is 0 Å². The molecule has 2 heteroatoms. The third-order valence-electron chi connectivity index (χ3n) is 4.16. The van der Waals surface area contributed by atoms with Crippen molar-refractivity contribution in [1.82, 2.24) is 0 Å². The van der Waals surface area contributed by atoms with Gasteiger partial charge in [0.15, 0.2) is 0 Å². The molecule has 2 N–H and O–H groups in total. The minimum atomic E-state index is 0.149. The molecule has 0 heterocycles. The van der Waals surface area contributed by atoms with Gasteiger partial charge in [0.2, 0.25) is 0 Å². The summed E-state index contributed by atoms with van der Waals surface area (Å²) >= 11 is 0. The van der Waals surface area contributed by atoms with E-state index in [1.165, 1.54) is 30.4 Å². The van der Waals surface area contributed by atoms with Gasteiger partial charge in [0, 0.05) is 11.3 Å². The van der Waals surface area contributed by atoms with Crippen molar-refractivity contribution in [1.29, 1.82) is 0 Å². The molecule has 0 radical (unpaired) electrons. The average Bonchev–Trinajstić information content (AvgIpc) is 2.93. The van der Waals surface area contributed by atoms with Gasteiger partial charge in [-0.3, -0.25) is 0 Å². The highest BCUT2D eigenvalue weighted by Crippen LogP contribution is 2.31. The second-order valence-electron chi connectivity index (χ2n) is 5.50. The first kappa shape index (κ1) is 13.0. The lowest BCUT2D eigenvalue weighted by Crippen LogP contribution is -2.10. The fourth-order valence-electron chi connectivity index (χ4n) is 3.04. The van der Waals surface area contributed by atoms with Crippen LogP contribution in [0.15, 0.2) is 42.5 Å². The predicted molar refractivity (Wildman–Crippen MR) is 83.2 cm³/mol. The SMILES string of the molecule is CCC(Nc1ccc2c(c1)CCC2)c1ccccc1O. The zero-order chi connectivity index (χ0) is 13.9. The first-order chi connectivity index (χ1) is 9.78. The van der Waals surface area contributed by atoms with Crippen LogP contribution in [0.4, 0.5) is 5.69 Å². The number of aryl methyl sites for hydroxylation is 2. The van der Waals surface area contributed by atoms with E-state index in [4.69, 9.17) is 0 Å². The Morgan fingerprint density at radius 3 is 2.70 bits per heavy atom. The summed E-state index contributed by atoms with van der Waals surface area (Å²) in [5.41, 5.74) is 5.09. The van der Waals surface area contributed by atoms with E-state index in [0.29, 0.717) is 5.75 Å². The first-order valence-electron chi connectivity index (χ1n) is 7.44. The summed E-state index contributed by atoms with van der Waals surface area (Å²) < 4.78 is 0. The zero-order valence-electron chi connectivity index (χ0n) is 11.9. The number of hydrogen-bond donors (Lipinski definition) is 2. The summed E-state index contributed by atoms with van der Waals surface area (Å²) in [6.07, 6.45) is 4.62. The minimum Gasteiger partial charge on any atom is -0.508 e. The molecule has 0 bridgehead atoms. The fraction of sp³-hybridized carbons (Fsp3) is 0.333. The molecule has 0 aliphatic heterocycles. The molecule has 0 amide bonds. The Morgan fingerprint density at radius 2 is 1.90 bits per heavy atom. The zero-order valence-corrected chi connectivity index (χ0v) is 11.9. The van der Waals surface area contributed by atoms with Crippen LogP contribution in [0.25, 0.3) is 0 Å². The summed E-state index contributed by atoms with van der Waals surface area (Å²) in [6.45, 7) is 2.14.